The Morgan fingerprint density at radius 2 is 1.83 bits per heavy atom. The standard InChI is InChI=1S/C12H11F3N2O/c13-7-4-9(14)11(10(15)5-7)17-12(18)6-1-2-8(16)3-6/h1-2,4-6,8H,3,16H2,(H,17,18). The Labute approximate surface area is 101 Å². The highest BCUT2D eigenvalue weighted by molar-refractivity contribution is 5.94. The van der Waals surface area contributed by atoms with E-state index in [1.165, 1.54) is 0 Å². The average Bonchev–Trinajstić information content (AvgIpc) is 2.70. The number of benzene rings is 1. The van der Waals surface area contributed by atoms with E-state index in [1.54, 1.807) is 12.2 Å². The van der Waals surface area contributed by atoms with Gasteiger partial charge in [0, 0.05) is 18.2 Å². The van der Waals surface area contributed by atoms with E-state index in [2.05, 4.69) is 5.32 Å². The van der Waals surface area contributed by atoms with Crippen molar-refractivity contribution in [2.24, 2.45) is 11.7 Å². The zero-order valence-electron chi connectivity index (χ0n) is 9.29. The number of nitrogens with one attached hydrogen (secondary N) is 1. The van der Waals surface area contributed by atoms with Crippen LogP contribution in [0.3, 0.4) is 0 Å². The van der Waals surface area contributed by atoms with E-state index in [0.717, 1.165) is 0 Å². The van der Waals surface area contributed by atoms with Gasteiger partial charge in [-0.05, 0) is 6.42 Å². The van der Waals surface area contributed by atoms with Crippen LogP contribution in [-0.2, 0) is 4.79 Å². The maximum atomic E-state index is 13.3. The number of amides is 1. The van der Waals surface area contributed by atoms with Gasteiger partial charge >= 0.3 is 0 Å². The molecule has 1 aliphatic carbocycles. The van der Waals surface area contributed by atoms with E-state index in [9.17, 15) is 18.0 Å². The molecule has 0 heterocycles. The Balaban J connectivity index is 2.15. The molecule has 0 aliphatic heterocycles. The number of carbonyl (C=O) groups is 1. The van der Waals surface area contributed by atoms with Gasteiger partial charge in [-0.25, -0.2) is 13.2 Å². The third-order valence-electron chi connectivity index (χ3n) is 2.71. The smallest absolute Gasteiger partial charge is 0.231 e. The van der Waals surface area contributed by atoms with Gasteiger partial charge in [0.25, 0.3) is 0 Å². The molecular formula is C12H11F3N2O. The molecule has 3 N–H and O–H groups in total. The number of halogens is 3. The van der Waals surface area contributed by atoms with Crippen molar-refractivity contribution in [3.05, 3.63) is 41.7 Å². The number of hydrogen-bond acceptors (Lipinski definition) is 2. The summed E-state index contributed by atoms with van der Waals surface area (Å²) in [6, 6.07) is 0.785. The lowest BCUT2D eigenvalue weighted by Gasteiger charge is -2.11. The number of rotatable bonds is 2. The van der Waals surface area contributed by atoms with Gasteiger partial charge in [-0.1, -0.05) is 12.2 Å². The Morgan fingerprint density at radius 3 is 2.33 bits per heavy atom. The summed E-state index contributed by atoms with van der Waals surface area (Å²) < 4.78 is 39.3. The fraction of sp³-hybridized carbons (Fsp3) is 0.250. The second-order valence-electron chi connectivity index (χ2n) is 4.12. The predicted octanol–water partition coefficient (Wildman–Crippen LogP) is 1.95. The first-order valence-corrected chi connectivity index (χ1v) is 5.36. The van der Waals surface area contributed by atoms with Gasteiger partial charge in [0.1, 0.15) is 11.5 Å². The molecule has 6 heteroatoms. The van der Waals surface area contributed by atoms with Gasteiger partial charge in [-0.15, -0.1) is 0 Å². The monoisotopic (exact) mass is 256 g/mol. The van der Waals surface area contributed by atoms with Crippen molar-refractivity contribution >= 4 is 11.6 Å². The van der Waals surface area contributed by atoms with Crippen LogP contribution >= 0.6 is 0 Å². The van der Waals surface area contributed by atoms with Gasteiger partial charge in [0.2, 0.25) is 5.91 Å². The van der Waals surface area contributed by atoms with Crippen molar-refractivity contribution in [2.75, 3.05) is 5.32 Å². The van der Waals surface area contributed by atoms with E-state index in [-0.39, 0.29) is 6.04 Å². The third kappa shape index (κ3) is 2.53. The summed E-state index contributed by atoms with van der Waals surface area (Å²) in [5.74, 6) is -4.42. The first-order valence-electron chi connectivity index (χ1n) is 5.36. The van der Waals surface area contributed by atoms with Gasteiger partial charge in [0.15, 0.2) is 11.6 Å². The second kappa shape index (κ2) is 4.81. The quantitative estimate of drug-likeness (QED) is 0.794. The molecule has 3 nitrogen and oxygen atoms in total. The zero-order chi connectivity index (χ0) is 13.3. The van der Waals surface area contributed by atoms with Crippen LogP contribution in [0.15, 0.2) is 24.3 Å². The van der Waals surface area contributed by atoms with Gasteiger partial charge < -0.3 is 11.1 Å². The number of hydrogen-bond donors (Lipinski definition) is 2. The highest BCUT2D eigenvalue weighted by Crippen LogP contribution is 2.23. The number of anilines is 1. The molecule has 0 saturated carbocycles. The topological polar surface area (TPSA) is 55.1 Å². The molecule has 1 aromatic carbocycles. The maximum absolute atomic E-state index is 13.3. The SMILES string of the molecule is NC1C=CC(C(=O)Nc2c(F)cc(F)cc2F)C1. The number of carbonyl (C=O) groups excluding carboxylic acids is 1. The van der Waals surface area contributed by atoms with Crippen molar-refractivity contribution < 1.29 is 18.0 Å². The maximum Gasteiger partial charge on any atom is 0.231 e. The predicted molar refractivity (Wildman–Crippen MR) is 60.2 cm³/mol. The van der Waals surface area contributed by atoms with Crippen molar-refractivity contribution in [2.45, 2.75) is 12.5 Å². The van der Waals surface area contributed by atoms with Gasteiger partial charge in [-0.3, -0.25) is 4.79 Å². The molecule has 0 aromatic heterocycles. The van der Waals surface area contributed by atoms with Crippen LogP contribution in [0, 0.1) is 23.4 Å². The molecule has 2 unspecified atom stereocenters. The molecular weight excluding hydrogens is 245 g/mol. The first kappa shape index (κ1) is 12.6. The first-order chi connectivity index (χ1) is 8.47. The number of nitrogens with two attached hydrogens (primary N) is 1. The minimum atomic E-state index is -1.15. The van der Waals surface area contributed by atoms with Crippen molar-refractivity contribution in [3.63, 3.8) is 0 Å². The zero-order valence-corrected chi connectivity index (χ0v) is 9.29. The molecule has 1 aromatic rings. The summed E-state index contributed by atoms with van der Waals surface area (Å²) in [7, 11) is 0. The Bertz CT molecular complexity index is 493. The van der Waals surface area contributed by atoms with Crippen LogP contribution in [0.4, 0.5) is 18.9 Å². The lowest BCUT2D eigenvalue weighted by molar-refractivity contribution is -0.118. The molecule has 2 rings (SSSR count). The van der Waals surface area contributed by atoms with E-state index in [1.807, 2.05) is 0 Å². The Kier molecular flexibility index (Phi) is 3.38. The van der Waals surface area contributed by atoms with Crippen LogP contribution < -0.4 is 11.1 Å². The molecule has 0 radical (unpaired) electrons. The third-order valence-corrected chi connectivity index (χ3v) is 2.71. The van der Waals surface area contributed by atoms with Crippen LogP contribution in [0.25, 0.3) is 0 Å². The molecule has 0 saturated heterocycles. The molecule has 0 bridgehead atoms. The highest BCUT2D eigenvalue weighted by Gasteiger charge is 2.24. The second-order valence-corrected chi connectivity index (χ2v) is 4.12. The summed E-state index contributed by atoms with van der Waals surface area (Å²) in [5.41, 5.74) is 4.93. The molecule has 0 fully saturated rings. The molecule has 96 valence electrons. The Hall–Kier alpha value is -1.82. The fourth-order valence-electron chi connectivity index (χ4n) is 1.80. The summed E-state index contributed by atoms with van der Waals surface area (Å²) in [4.78, 5) is 11.7. The lowest BCUT2D eigenvalue weighted by atomic mass is 10.1. The van der Waals surface area contributed by atoms with Gasteiger partial charge in [-0.2, -0.15) is 0 Å². The largest absolute Gasteiger partial charge is 0.324 e. The highest BCUT2D eigenvalue weighted by atomic mass is 19.1. The molecule has 1 aliphatic rings. The van der Waals surface area contributed by atoms with Crippen LogP contribution in [0.5, 0.6) is 0 Å². The fourth-order valence-corrected chi connectivity index (χ4v) is 1.80. The van der Waals surface area contributed by atoms with Crippen molar-refractivity contribution in [1.82, 2.24) is 0 Å². The molecule has 18 heavy (non-hydrogen) atoms. The van der Waals surface area contributed by atoms with E-state index < -0.39 is 35.0 Å². The summed E-state index contributed by atoms with van der Waals surface area (Å²) in [6.07, 6.45) is 3.62. The minimum Gasteiger partial charge on any atom is -0.324 e. The van der Waals surface area contributed by atoms with Crippen LogP contribution in [0.2, 0.25) is 0 Å². The van der Waals surface area contributed by atoms with Crippen LogP contribution in [-0.4, -0.2) is 11.9 Å². The normalized spacial score (nSPS) is 22.2. The van der Waals surface area contributed by atoms with E-state index >= 15 is 0 Å². The van der Waals surface area contributed by atoms with Crippen molar-refractivity contribution in [3.8, 4) is 0 Å². The average molecular weight is 256 g/mol. The molecule has 2 atom stereocenters. The van der Waals surface area contributed by atoms with E-state index in [0.29, 0.717) is 18.6 Å². The lowest BCUT2D eigenvalue weighted by Crippen LogP contribution is -2.24. The van der Waals surface area contributed by atoms with Crippen LogP contribution in [0.1, 0.15) is 6.42 Å². The van der Waals surface area contributed by atoms with Crippen molar-refractivity contribution in [1.29, 1.82) is 0 Å². The van der Waals surface area contributed by atoms with E-state index in [4.69, 9.17) is 5.73 Å². The van der Waals surface area contributed by atoms with Gasteiger partial charge in [0.05, 0.1) is 5.92 Å². The summed E-state index contributed by atoms with van der Waals surface area (Å²) >= 11 is 0. The minimum absolute atomic E-state index is 0.233. The summed E-state index contributed by atoms with van der Waals surface area (Å²) in [6.45, 7) is 0. The Morgan fingerprint density at radius 1 is 1.22 bits per heavy atom. The molecule has 0 spiro atoms. The molecule has 1 amide bonds. The summed E-state index contributed by atoms with van der Waals surface area (Å²) in [5, 5.41) is 2.11.